The summed E-state index contributed by atoms with van der Waals surface area (Å²) in [6, 6.07) is 9.66. The first kappa shape index (κ1) is 15.6. The highest BCUT2D eigenvalue weighted by molar-refractivity contribution is 7.98. The molecule has 1 aromatic rings. The van der Waals surface area contributed by atoms with Crippen LogP contribution in [0.15, 0.2) is 24.3 Å². The molecule has 0 amide bonds. The van der Waals surface area contributed by atoms with Gasteiger partial charge in [-0.25, -0.2) is 0 Å². The molecule has 1 aromatic carbocycles. The lowest BCUT2D eigenvalue weighted by Gasteiger charge is -2.19. The Kier molecular flexibility index (Phi) is 7.45. The second-order valence-corrected chi connectivity index (χ2v) is 6.10. The Hall–Kier alpha value is -0.470. The van der Waals surface area contributed by atoms with Crippen molar-refractivity contribution in [2.24, 2.45) is 0 Å². The second-order valence-electron chi connectivity index (χ2n) is 5.11. The summed E-state index contributed by atoms with van der Waals surface area (Å²) in [6.07, 6.45) is 4.58. The van der Waals surface area contributed by atoms with E-state index < -0.39 is 0 Å². The Morgan fingerprint density at radius 1 is 1.11 bits per heavy atom. The van der Waals surface area contributed by atoms with E-state index in [1.165, 1.54) is 29.7 Å². The lowest BCUT2D eigenvalue weighted by Crippen LogP contribution is -2.22. The monoisotopic (exact) mass is 265 g/mol. The first-order valence-electron chi connectivity index (χ1n) is 7.01. The lowest BCUT2D eigenvalue weighted by molar-refractivity contribution is 0.521. The third-order valence-electron chi connectivity index (χ3n) is 3.26. The standard InChI is InChI=1S/C16H27NS/c1-5-11-17-16(10-12-18-4)15-8-6-14(7-9-15)13(2)3/h6-9,13,16-17H,5,10-12H2,1-4H3. The number of hydrogen-bond acceptors (Lipinski definition) is 2. The second kappa shape index (κ2) is 8.60. The smallest absolute Gasteiger partial charge is 0.0328 e. The van der Waals surface area contributed by atoms with E-state index in [2.05, 4.69) is 56.6 Å². The molecule has 0 radical (unpaired) electrons. The SMILES string of the molecule is CCCNC(CCSC)c1ccc(C(C)C)cc1. The first-order chi connectivity index (χ1) is 8.69. The van der Waals surface area contributed by atoms with Gasteiger partial charge in [-0.2, -0.15) is 11.8 Å². The summed E-state index contributed by atoms with van der Waals surface area (Å²) in [5.41, 5.74) is 2.86. The zero-order valence-electron chi connectivity index (χ0n) is 12.2. The van der Waals surface area contributed by atoms with Gasteiger partial charge in [0.2, 0.25) is 0 Å². The highest BCUT2D eigenvalue weighted by atomic mass is 32.2. The fourth-order valence-corrected chi connectivity index (χ4v) is 2.53. The van der Waals surface area contributed by atoms with Gasteiger partial charge in [-0.1, -0.05) is 45.0 Å². The summed E-state index contributed by atoms with van der Waals surface area (Å²) in [5, 5.41) is 3.66. The number of rotatable bonds is 8. The van der Waals surface area contributed by atoms with Gasteiger partial charge < -0.3 is 5.32 Å². The summed E-state index contributed by atoms with van der Waals surface area (Å²) in [6.45, 7) is 7.82. The molecule has 0 aromatic heterocycles. The summed E-state index contributed by atoms with van der Waals surface area (Å²) in [4.78, 5) is 0. The topological polar surface area (TPSA) is 12.0 Å². The summed E-state index contributed by atoms with van der Waals surface area (Å²) < 4.78 is 0. The Bertz CT molecular complexity index is 310. The Morgan fingerprint density at radius 2 is 1.72 bits per heavy atom. The van der Waals surface area contributed by atoms with Crippen molar-refractivity contribution in [3.05, 3.63) is 35.4 Å². The normalized spacial score (nSPS) is 12.9. The van der Waals surface area contributed by atoms with Crippen LogP contribution in [-0.4, -0.2) is 18.6 Å². The van der Waals surface area contributed by atoms with E-state index in [0.29, 0.717) is 12.0 Å². The van der Waals surface area contributed by atoms with Crippen LogP contribution in [0.4, 0.5) is 0 Å². The predicted octanol–water partition coefficient (Wildman–Crippen LogP) is 4.60. The number of benzene rings is 1. The van der Waals surface area contributed by atoms with Crippen LogP contribution in [0.25, 0.3) is 0 Å². The van der Waals surface area contributed by atoms with Crippen LogP contribution in [0.3, 0.4) is 0 Å². The Morgan fingerprint density at radius 3 is 2.22 bits per heavy atom. The highest BCUT2D eigenvalue weighted by Gasteiger charge is 2.10. The molecule has 0 saturated heterocycles. The first-order valence-corrected chi connectivity index (χ1v) is 8.40. The van der Waals surface area contributed by atoms with Crippen molar-refractivity contribution in [1.82, 2.24) is 5.32 Å². The minimum absolute atomic E-state index is 0.513. The Labute approximate surface area is 117 Å². The van der Waals surface area contributed by atoms with Gasteiger partial charge in [0, 0.05) is 6.04 Å². The van der Waals surface area contributed by atoms with Crippen molar-refractivity contribution in [3.8, 4) is 0 Å². The van der Waals surface area contributed by atoms with Gasteiger partial charge in [-0.15, -0.1) is 0 Å². The third-order valence-corrected chi connectivity index (χ3v) is 3.90. The van der Waals surface area contributed by atoms with Crippen molar-refractivity contribution in [1.29, 1.82) is 0 Å². The van der Waals surface area contributed by atoms with Gasteiger partial charge >= 0.3 is 0 Å². The quantitative estimate of drug-likeness (QED) is 0.737. The fraction of sp³-hybridized carbons (Fsp3) is 0.625. The van der Waals surface area contributed by atoms with Crippen LogP contribution in [0.1, 0.15) is 56.7 Å². The van der Waals surface area contributed by atoms with Gasteiger partial charge in [0.15, 0.2) is 0 Å². The molecule has 0 aliphatic carbocycles. The van der Waals surface area contributed by atoms with E-state index in [0.717, 1.165) is 6.54 Å². The van der Waals surface area contributed by atoms with E-state index in [1.54, 1.807) is 0 Å². The van der Waals surface area contributed by atoms with E-state index in [4.69, 9.17) is 0 Å². The van der Waals surface area contributed by atoms with Crippen molar-refractivity contribution >= 4 is 11.8 Å². The van der Waals surface area contributed by atoms with Crippen LogP contribution in [0.5, 0.6) is 0 Å². The van der Waals surface area contributed by atoms with Gasteiger partial charge in [0.1, 0.15) is 0 Å². The fourth-order valence-electron chi connectivity index (χ4n) is 2.05. The maximum atomic E-state index is 3.66. The van der Waals surface area contributed by atoms with Crippen LogP contribution >= 0.6 is 11.8 Å². The largest absolute Gasteiger partial charge is 0.310 e. The molecular weight excluding hydrogens is 238 g/mol. The molecule has 0 bridgehead atoms. The zero-order valence-corrected chi connectivity index (χ0v) is 13.0. The molecule has 0 heterocycles. The summed E-state index contributed by atoms with van der Waals surface area (Å²) >= 11 is 1.93. The highest BCUT2D eigenvalue weighted by Crippen LogP contribution is 2.22. The average molecular weight is 265 g/mol. The van der Waals surface area contributed by atoms with Crippen LogP contribution < -0.4 is 5.32 Å². The number of thioether (sulfide) groups is 1. The molecule has 1 unspecified atom stereocenters. The van der Waals surface area contributed by atoms with Crippen molar-refractivity contribution < 1.29 is 0 Å². The number of nitrogens with one attached hydrogen (secondary N) is 1. The van der Waals surface area contributed by atoms with E-state index in [1.807, 2.05) is 11.8 Å². The van der Waals surface area contributed by atoms with Gasteiger partial charge in [-0.05, 0) is 48.4 Å². The summed E-state index contributed by atoms with van der Waals surface area (Å²) in [5.74, 6) is 1.83. The van der Waals surface area contributed by atoms with E-state index >= 15 is 0 Å². The average Bonchev–Trinajstić information content (AvgIpc) is 2.39. The molecule has 18 heavy (non-hydrogen) atoms. The van der Waals surface area contributed by atoms with E-state index in [9.17, 15) is 0 Å². The number of hydrogen-bond donors (Lipinski definition) is 1. The molecular formula is C16H27NS. The minimum atomic E-state index is 0.513. The summed E-state index contributed by atoms with van der Waals surface area (Å²) in [7, 11) is 0. The van der Waals surface area contributed by atoms with Crippen molar-refractivity contribution in [2.45, 2.75) is 45.6 Å². The molecule has 0 saturated carbocycles. The van der Waals surface area contributed by atoms with Crippen LogP contribution in [0.2, 0.25) is 0 Å². The molecule has 1 rings (SSSR count). The molecule has 1 nitrogen and oxygen atoms in total. The lowest BCUT2D eigenvalue weighted by atomic mass is 9.98. The van der Waals surface area contributed by atoms with Gasteiger partial charge in [0.05, 0.1) is 0 Å². The van der Waals surface area contributed by atoms with Gasteiger partial charge in [-0.3, -0.25) is 0 Å². The molecule has 1 N–H and O–H groups in total. The van der Waals surface area contributed by atoms with Crippen molar-refractivity contribution in [2.75, 3.05) is 18.6 Å². The minimum Gasteiger partial charge on any atom is -0.310 e. The predicted molar refractivity (Wildman–Crippen MR) is 84.6 cm³/mol. The van der Waals surface area contributed by atoms with Gasteiger partial charge in [0.25, 0.3) is 0 Å². The molecule has 0 fully saturated rings. The van der Waals surface area contributed by atoms with Crippen molar-refractivity contribution in [3.63, 3.8) is 0 Å². The maximum absolute atomic E-state index is 3.66. The third kappa shape index (κ3) is 5.03. The zero-order chi connectivity index (χ0) is 13.4. The van der Waals surface area contributed by atoms with E-state index in [-0.39, 0.29) is 0 Å². The molecule has 0 aliphatic rings. The maximum Gasteiger partial charge on any atom is 0.0328 e. The molecule has 2 heteroatoms. The van der Waals surface area contributed by atoms with Crippen LogP contribution in [-0.2, 0) is 0 Å². The Balaban J connectivity index is 2.70. The molecule has 1 atom stereocenters. The molecule has 0 aliphatic heterocycles. The molecule has 102 valence electrons. The van der Waals surface area contributed by atoms with Crippen LogP contribution in [0, 0.1) is 0 Å². The molecule has 0 spiro atoms.